The Balaban J connectivity index is 1.70. The molecular formula is C16H20N4O2S. The lowest BCUT2D eigenvalue weighted by Crippen LogP contribution is -2.34. The molecule has 2 fully saturated rings. The quantitative estimate of drug-likeness (QED) is 0.855. The van der Waals surface area contributed by atoms with Crippen LogP contribution in [0.1, 0.15) is 38.3 Å². The number of nitrogens with one attached hydrogen (secondary N) is 1. The van der Waals surface area contributed by atoms with Crippen LogP contribution in [0.25, 0.3) is 6.08 Å². The van der Waals surface area contributed by atoms with E-state index in [1.807, 2.05) is 0 Å². The highest BCUT2D eigenvalue weighted by molar-refractivity contribution is 8.18. The monoisotopic (exact) mass is 332 g/mol. The van der Waals surface area contributed by atoms with Crippen LogP contribution >= 0.6 is 11.8 Å². The van der Waals surface area contributed by atoms with Crippen LogP contribution in [0.3, 0.4) is 0 Å². The summed E-state index contributed by atoms with van der Waals surface area (Å²) in [4.78, 5) is 34.2. The van der Waals surface area contributed by atoms with Gasteiger partial charge in [-0.05, 0) is 42.7 Å². The summed E-state index contributed by atoms with van der Waals surface area (Å²) >= 11 is 0.903. The second-order valence-electron chi connectivity index (χ2n) is 5.85. The highest BCUT2D eigenvalue weighted by atomic mass is 32.2. The van der Waals surface area contributed by atoms with Crippen LogP contribution < -0.4 is 10.2 Å². The average Bonchev–Trinajstić information content (AvgIpc) is 2.86. The average molecular weight is 332 g/mol. The number of carbonyl (C=O) groups is 2. The van der Waals surface area contributed by atoms with Gasteiger partial charge in [-0.1, -0.05) is 19.8 Å². The molecule has 3 rings (SSSR count). The van der Waals surface area contributed by atoms with Crippen molar-refractivity contribution in [1.82, 2.24) is 15.3 Å². The molecule has 1 aromatic heterocycles. The van der Waals surface area contributed by atoms with Gasteiger partial charge in [0, 0.05) is 19.3 Å². The van der Waals surface area contributed by atoms with E-state index in [0.29, 0.717) is 16.5 Å². The topological polar surface area (TPSA) is 75.2 Å². The number of carbonyl (C=O) groups excluding carboxylic acids is 2. The van der Waals surface area contributed by atoms with E-state index in [0.717, 1.165) is 30.8 Å². The van der Waals surface area contributed by atoms with Crippen LogP contribution in [0.15, 0.2) is 17.2 Å². The van der Waals surface area contributed by atoms with Gasteiger partial charge in [-0.3, -0.25) is 14.9 Å². The molecule has 2 saturated heterocycles. The van der Waals surface area contributed by atoms with E-state index in [9.17, 15) is 9.59 Å². The zero-order chi connectivity index (χ0) is 16.2. The van der Waals surface area contributed by atoms with Gasteiger partial charge < -0.3 is 4.90 Å². The van der Waals surface area contributed by atoms with E-state index in [1.54, 1.807) is 18.3 Å². The third kappa shape index (κ3) is 3.90. The fourth-order valence-corrected chi connectivity index (χ4v) is 3.65. The van der Waals surface area contributed by atoms with E-state index >= 15 is 0 Å². The molecule has 0 radical (unpaired) electrons. The lowest BCUT2D eigenvalue weighted by molar-refractivity contribution is -0.115. The number of imide groups is 1. The van der Waals surface area contributed by atoms with Gasteiger partial charge in [-0.25, -0.2) is 9.97 Å². The number of aromatic nitrogens is 2. The number of hydrogen-bond acceptors (Lipinski definition) is 6. The lowest BCUT2D eigenvalue weighted by atomic mass is 9.93. The van der Waals surface area contributed by atoms with Crippen LogP contribution in [0, 0.1) is 5.92 Å². The minimum atomic E-state index is -0.361. The molecule has 2 amide bonds. The molecule has 1 N–H and O–H groups in total. The van der Waals surface area contributed by atoms with Crippen molar-refractivity contribution in [2.75, 3.05) is 18.0 Å². The number of anilines is 1. The largest absolute Gasteiger partial charge is 0.341 e. The molecule has 23 heavy (non-hydrogen) atoms. The Morgan fingerprint density at radius 2 is 2.17 bits per heavy atom. The highest BCUT2D eigenvalue weighted by Gasteiger charge is 2.25. The maximum atomic E-state index is 11.6. The number of piperidine rings is 1. The highest BCUT2D eigenvalue weighted by Crippen LogP contribution is 2.26. The Kier molecular flexibility index (Phi) is 4.95. The number of amides is 2. The summed E-state index contributed by atoms with van der Waals surface area (Å²) in [6, 6.07) is 1.75. The van der Waals surface area contributed by atoms with Gasteiger partial charge in [-0.2, -0.15) is 0 Å². The molecule has 6 nitrogen and oxygen atoms in total. The molecule has 1 aromatic rings. The number of nitrogens with zero attached hydrogens (tertiary/aromatic N) is 3. The van der Waals surface area contributed by atoms with Crippen molar-refractivity contribution in [2.24, 2.45) is 5.92 Å². The van der Waals surface area contributed by atoms with E-state index in [4.69, 9.17) is 0 Å². The van der Waals surface area contributed by atoms with Crippen LogP contribution in [0.4, 0.5) is 10.7 Å². The van der Waals surface area contributed by atoms with Crippen LogP contribution in [-0.2, 0) is 4.79 Å². The van der Waals surface area contributed by atoms with Crippen molar-refractivity contribution in [1.29, 1.82) is 0 Å². The van der Waals surface area contributed by atoms with Gasteiger partial charge in [0.1, 0.15) is 0 Å². The Morgan fingerprint density at radius 3 is 2.83 bits per heavy atom. The van der Waals surface area contributed by atoms with Crippen molar-refractivity contribution in [3.05, 3.63) is 22.9 Å². The van der Waals surface area contributed by atoms with E-state index < -0.39 is 0 Å². The number of rotatable bonds is 4. The zero-order valence-electron chi connectivity index (χ0n) is 13.1. The molecule has 0 aliphatic carbocycles. The van der Waals surface area contributed by atoms with Crippen LogP contribution in [0.5, 0.6) is 0 Å². The van der Waals surface area contributed by atoms with Gasteiger partial charge in [-0.15, -0.1) is 0 Å². The molecule has 7 heteroatoms. The third-order valence-corrected chi connectivity index (χ3v) is 4.99. The molecule has 2 aliphatic rings. The summed E-state index contributed by atoms with van der Waals surface area (Å²) in [5, 5.41) is 1.91. The second kappa shape index (κ2) is 7.12. The number of hydrogen-bond donors (Lipinski definition) is 1. The van der Waals surface area contributed by atoms with Gasteiger partial charge in [0.05, 0.1) is 10.6 Å². The molecule has 122 valence electrons. The third-order valence-electron chi connectivity index (χ3n) is 4.18. The van der Waals surface area contributed by atoms with Crippen LogP contribution in [-0.4, -0.2) is 34.2 Å². The van der Waals surface area contributed by atoms with Gasteiger partial charge in [0.15, 0.2) is 0 Å². The van der Waals surface area contributed by atoms with Crippen molar-refractivity contribution in [2.45, 2.75) is 32.6 Å². The second-order valence-corrected chi connectivity index (χ2v) is 6.87. The molecular weight excluding hydrogens is 312 g/mol. The maximum Gasteiger partial charge on any atom is 0.290 e. The molecule has 0 spiro atoms. The number of thioether (sulfide) groups is 1. The predicted molar refractivity (Wildman–Crippen MR) is 91.0 cm³/mol. The molecule has 0 bridgehead atoms. The zero-order valence-corrected chi connectivity index (χ0v) is 13.9. The van der Waals surface area contributed by atoms with Crippen molar-refractivity contribution in [3.63, 3.8) is 0 Å². The Morgan fingerprint density at radius 1 is 1.39 bits per heavy atom. The Labute approximate surface area is 139 Å². The van der Waals surface area contributed by atoms with Gasteiger partial charge >= 0.3 is 0 Å². The van der Waals surface area contributed by atoms with Crippen LogP contribution in [0.2, 0.25) is 0 Å². The first-order chi connectivity index (χ1) is 11.2. The molecule has 0 unspecified atom stereocenters. The SMILES string of the molecule is CCCC1CCN(c2nccc(/C=C3\SC(=O)NC3=O)n2)CC1. The minimum absolute atomic E-state index is 0.339. The lowest BCUT2D eigenvalue weighted by Gasteiger charge is -2.31. The molecule has 0 saturated carbocycles. The summed E-state index contributed by atoms with van der Waals surface area (Å²) in [7, 11) is 0. The van der Waals surface area contributed by atoms with Crippen molar-refractivity contribution < 1.29 is 9.59 Å². The molecule has 3 heterocycles. The first-order valence-electron chi connectivity index (χ1n) is 7.98. The summed E-state index contributed by atoms with van der Waals surface area (Å²) < 4.78 is 0. The summed E-state index contributed by atoms with van der Waals surface area (Å²) in [5.74, 6) is 1.15. The van der Waals surface area contributed by atoms with E-state index in [-0.39, 0.29) is 11.1 Å². The normalized spacial score (nSPS) is 21.1. The molecule has 0 aromatic carbocycles. The fourth-order valence-electron chi connectivity index (χ4n) is 2.98. The fraction of sp³-hybridized carbons (Fsp3) is 0.500. The standard InChI is InChI=1S/C16H20N4O2S/c1-2-3-11-5-8-20(9-6-11)15-17-7-4-12(18-15)10-13-14(21)19-16(22)23-13/h4,7,10-11H,2-3,5-6,8-9H2,1H3,(H,19,21,22)/b13-10-. The molecule has 0 atom stereocenters. The van der Waals surface area contributed by atoms with Gasteiger partial charge in [0.2, 0.25) is 5.95 Å². The minimum Gasteiger partial charge on any atom is -0.341 e. The van der Waals surface area contributed by atoms with E-state index in [2.05, 4.69) is 27.1 Å². The van der Waals surface area contributed by atoms with Crippen molar-refractivity contribution in [3.8, 4) is 0 Å². The summed E-state index contributed by atoms with van der Waals surface area (Å²) in [5.41, 5.74) is 0.651. The first kappa shape index (κ1) is 16.0. The predicted octanol–water partition coefficient (Wildman–Crippen LogP) is 2.82. The Bertz CT molecular complexity index is 639. The first-order valence-corrected chi connectivity index (χ1v) is 8.80. The maximum absolute atomic E-state index is 11.6. The summed E-state index contributed by atoms with van der Waals surface area (Å²) in [6.45, 7) is 4.17. The molecule has 2 aliphatic heterocycles. The summed E-state index contributed by atoms with van der Waals surface area (Å²) in [6.07, 6.45) is 8.22. The Hall–Kier alpha value is -1.89. The van der Waals surface area contributed by atoms with Crippen molar-refractivity contribution >= 4 is 34.9 Å². The smallest absolute Gasteiger partial charge is 0.290 e. The van der Waals surface area contributed by atoms with E-state index in [1.165, 1.54) is 25.7 Å². The van der Waals surface area contributed by atoms with Gasteiger partial charge in [0.25, 0.3) is 11.1 Å².